The predicted molar refractivity (Wildman–Crippen MR) is 107 cm³/mol. The number of rotatable bonds is 7. The first-order valence-electron chi connectivity index (χ1n) is 9.95. The fourth-order valence-electron chi connectivity index (χ4n) is 3.64. The largest absolute Gasteiger partial charge is 0.458 e. The second-order valence-corrected chi connectivity index (χ2v) is 7.98. The molecular formula is C23H30O5. The Morgan fingerprint density at radius 2 is 2.00 bits per heavy atom. The molecule has 1 aromatic carbocycles. The second-order valence-electron chi connectivity index (χ2n) is 7.98. The quantitative estimate of drug-likeness (QED) is 0.293. The lowest BCUT2D eigenvalue weighted by Gasteiger charge is -2.36. The lowest BCUT2D eigenvalue weighted by molar-refractivity contribution is -0.130. The molecule has 0 amide bonds. The first-order valence-corrected chi connectivity index (χ1v) is 9.95. The summed E-state index contributed by atoms with van der Waals surface area (Å²) in [6.07, 6.45) is 5.40. The molecule has 0 radical (unpaired) electrons. The van der Waals surface area contributed by atoms with Crippen molar-refractivity contribution in [3.63, 3.8) is 0 Å². The molecule has 1 fully saturated rings. The lowest BCUT2D eigenvalue weighted by Crippen LogP contribution is -2.35. The van der Waals surface area contributed by atoms with Crippen LogP contribution in [0.3, 0.4) is 0 Å². The van der Waals surface area contributed by atoms with Crippen molar-refractivity contribution in [3.05, 3.63) is 41.5 Å². The summed E-state index contributed by atoms with van der Waals surface area (Å²) >= 11 is 0. The van der Waals surface area contributed by atoms with Crippen molar-refractivity contribution in [2.45, 2.75) is 59.5 Å². The van der Waals surface area contributed by atoms with Gasteiger partial charge < -0.3 is 14.3 Å². The average molecular weight is 386 g/mol. The second kappa shape index (κ2) is 10.2. The fraction of sp³-hybridized carbons (Fsp3) is 0.522. The van der Waals surface area contributed by atoms with Crippen molar-refractivity contribution in [1.29, 1.82) is 0 Å². The van der Waals surface area contributed by atoms with E-state index in [2.05, 4.69) is 20.8 Å². The number of allylic oxidation sites excluding steroid dienone is 1. The predicted octanol–water partition coefficient (Wildman–Crippen LogP) is 4.74. The van der Waals surface area contributed by atoms with Crippen molar-refractivity contribution in [1.82, 2.24) is 0 Å². The maximum atomic E-state index is 12.7. The van der Waals surface area contributed by atoms with Crippen LogP contribution in [0.4, 0.5) is 0 Å². The Labute approximate surface area is 167 Å². The highest BCUT2D eigenvalue weighted by molar-refractivity contribution is 5.92. The van der Waals surface area contributed by atoms with E-state index in [0.29, 0.717) is 35.2 Å². The maximum Gasteiger partial charge on any atom is 0.338 e. The van der Waals surface area contributed by atoms with Gasteiger partial charge in [0, 0.05) is 12.0 Å². The first-order chi connectivity index (χ1) is 13.3. The van der Waals surface area contributed by atoms with Crippen molar-refractivity contribution < 1.29 is 23.9 Å². The molecule has 1 aliphatic carbocycles. The van der Waals surface area contributed by atoms with Crippen LogP contribution in [0.25, 0.3) is 0 Å². The number of aldehydes is 1. The van der Waals surface area contributed by atoms with Gasteiger partial charge >= 0.3 is 11.9 Å². The summed E-state index contributed by atoms with van der Waals surface area (Å²) in [6.45, 7) is 8.11. The molecular weight excluding hydrogens is 356 g/mol. The summed E-state index contributed by atoms with van der Waals surface area (Å²) in [7, 11) is 0. The van der Waals surface area contributed by atoms with Gasteiger partial charge in [-0.25, -0.2) is 9.59 Å². The van der Waals surface area contributed by atoms with Crippen LogP contribution in [0, 0.1) is 17.8 Å². The molecule has 0 aliphatic heterocycles. The Bertz CT molecular complexity index is 734. The molecule has 0 N–H and O–H groups in total. The van der Waals surface area contributed by atoms with Crippen LogP contribution < -0.4 is 4.74 Å². The standard InChI is InChI=1S/C23H30O5/c1-15(2)20-11-10-16(3)13-21(20)28-23(26)18-8-5-9-19(14-18)27-22(25)17(4)7-6-12-24/h5,7-9,12,14-16,20-21H,6,10-11,13H2,1-4H3/b17-7+. The van der Waals surface area contributed by atoms with E-state index in [1.165, 1.54) is 18.6 Å². The van der Waals surface area contributed by atoms with Crippen LogP contribution in [0.2, 0.25) is 0 Å². The fourth-order valence-corrected chi connectivity index (χ4v) is 3.64. The molecule has 0 aromatic heterocycles. The van der Waals surface area contributed by atoms with E-state index in [4.69, 9.17) is 9.47 Å². The zero-order chi connectivity index (χ0) is 20.7. The zero-order valence-electron chi connectivity index (χ0n) is 17.1. The average Bonchev–Trinajstić information content (AvgIpc) is 2.66. The molecule has 5 heteroatoms. The SMILES string of the molecule is C/C(=C\CC=O)C(=O)Oc1cccc(C(=O)OC2CC(C)CCC2C(C)C)c1. The van der Waals surface area contributed by atoms with Gasteiger partial charge in [-0.1, -0.05) is 39.3 Å². The smallest absolute Gasteiger partial charge is 0.338 e. The first kappa shape index (κ1) is 21.9. The molecule has 28 heavy (non-hydrogen) atoms. The van der Waals surface area contributed by atoms with Crippen LogP contribution in [0.5, 0.6) is 5.75 Å². The Kier molecular flexibility index (Phi) is 7.97. The molecule has 5 nitrogen and oxygen atoms in total. The number of hydrogen-bond donors (Lipinski definition) is 0. The van der Waals surface area contributed by atoms with E-state index >= 15 is 0 Å². The van der Waals surface area contributed by atoms with E-state index in [1.807, 2.05) is 0 Å². The molecule has 1 saturated carbocycles. The minimum atomic E-state index is -0.548. The lowest BCUT2D eigenvalue weighted by atomic mass is 9.75. The summed E-state index contributed by atoms with van der Waals surface area (Å²) in [5.41, 5.74) is 0.705. The third kappa shape index (κ3) is 6.04. The van der Waals surface area contributed by atoms with Crippen LogP contribution in [-0.4, -0.2) is 24.3 Å². The summed E-state index contributed by atoms with van der Waals surface area (Å²) in [5, 5.41) is 0. The zero-order valence-corrected chi connectivity index (χ0v) is 17.1. The number of carbonyl (C=O) groups excluding carboxylic acids is 3. The van der Waals surface area contributed by atoms with Gasteiger partial charge in [0.05, 0.1) is 5.56 Å². The molecule has 1 aromatic rings. The molecule has 3 atom stereocenters. The molecule has 2 rings (SSSR count). The van der Waals surface area contributed by atoms with E-state index in [1.54, 1.807) is 25.1 Å². The van der Waals surface area contributed by atoms with Gasteiger partial charge in [-0.15, -0.1) is 0 Å². The summed E-state index contributed by atoms with van der Waals surface area (Å²) in [4.78, 5) is 35.1. The van der Waals surface area contributed by atoms with Gasteiger partial charge in [0.1, 0.15) is 18.1 Å². The van der Waals surface area contributed by atoms with Gasteiger partial charge in [-0.3, -0.25) is 0 Å². The Balaban J connectivity index is 2.07. The van der Waals surface area contributed by atoms with E-state index in [9.17, 15) is 14.4 Å². The van der Waals surface area contributed by atoms with Crippen molar-refractivity contribution >= 4 is 18.2 Å². The van der Waals surface area contributed by atoms with Crippen molar-refractivity contribution in [3.8, 4) is 5.75 Å². The van der Waals surface area contributed by atoms with Crippen LogP contribution in [0.1, 0.15) is 63.7 Å². The highest BCUT2D eigenvalue weighted by atomic mass is 16.5. The minimum absolute atomic E-state index is 0.0871. The number of esters is 2. The Morgan fingerprint density at radius 3 is 2.68 bits per heavy atom. The summed E-state index contributed by atoms with van der Waals surface area (Å²) in [6, 6.07) is 6.45. The van der Waals surface area contributed by atoms with Crippen molar-refractivity contribution in [2.75, 3.05) is 0 Å². The molecule has 3 unspecified atom stereocenters. The normalized spacial score (nSPS) is 22.6. The highest BCUT2D eigenvalue weighted by Crippen LogP contribution is 2.35. The van der Waals surface area contributed by atoms with Crippen LogP contribution >= 0.6 is 0 Å². The van der Waals surface area contributed by atoms with Crippen LogP contribution in [0.15, 0.2) is 35.9 Å². The molecule has 0 bridgehead atoms. The number of carbonyl (C=O) groups is 3. The number of hydrogen-bond acceptors (Lipinski definition) is 5. The number of benzene rings is 1. The van der Waals surface area contributed by atoms with Gasteiger partial charge in [-0.2, -0.15) is 0 Å². The third-order valence-electron chi connectivity index (χ3n) is 5.34. The number of ether oxygens (including phenoxy) is 2. The summed E-state index contributed by atoms with van der Waals surface area (Å²) < 4.78 is 11.2. The molecule has 152 valence electrons. The Hall–Kier alpha value is -2.43. The Morgan fingerprint density at radius 1 is 1.25 bits per heavy atom. The van der Waals surface area contributed by atoms with Crippen LogP contribution in [-0.2, 0) is 14.3 Å². The van der Waals surface area contributed by atoms with E-state index in [0.717, 1.165) is 12.8 Å². The molecule has 0 spiro atoms. The highest BCUT2D eigenvalue weighted by Gasteiger charge is 2.33. The van der Waals surface area contributed by atoms with Gasteiger partial charge in [0.25, 0.3) is 0 Å². The van der Waals surface area contributed by atoms with Crippen molar-refractivity contribution in [2.24, 2.45) is 17.8 Å². The van der Waals surface area contributed by atoms with Gasteiger partial charge in [0.15, 0.2) is 0 Å². The maximum absolute atomic E-state index is 12.7. The summed E-state index contributed by atoms with van der Waals surface area (Å²) in [5.74, 6) is 0.701. The van der Waals surface area contributed by atoms with Gasteiger partial charge in [0.2, 0.25) is 0 Å². The third-order valence-corrected chi connectivity index (χ3v) is 5.34. The topological polar surface area (TPSA) is 69.7 Å². The molecule has 0 saturated heterocycles. The molecule has 1 aliphatic rings. The van der Waals surface area contributed by atoms with E-state index in [-0.39, 0.29) is 18.3 Å². The molecule has 0 heterocycles. The van der Waals surface area contributed by atoms with E-state index < -0.39 is 11.9 Å². The monoisotopic (exact) mass is 386 g/mol. The minimum Gasteiger partial charge on any atom is -0.458 e. The van der Waals surface area contributed by atoms with Gasteiger partial charge in [-0.05, 0) is 55.7 Å².